The third-order valence-corrected chi connectivity index (χ3v) is 6.62. The van der Waals surface area contributed by atoms with E-state index in [9.17, 15) is 9.59 Å². The van der Waals surface area contributed by atoms with Crippen molar-refractivity contribution in [2.45, 2.75) is 58.3 Å². The largest absolute Gasteiger partial charge is 0.302 e. The van der Waals surface area contributed by atoms with Gasteiger partial charge in [0, 0.05) is 24.4 Å². The molecule has 0 radical (unpaired) electrons. The molecule has 3 fully saturated rings. The van der Waals surface area contributed by atoms with Gasteiger partial charge in [-0.2, -0.15) is 0 Å². The van der Waals surface area contributed by atoms with E-state index in [-0.39, 0.29) is 5.91 Å². The number of fused-ring (bicyclic) bond motifs is 5. The molecule has 6 heteroatoms. The van der Waals surface area contributed by atoms with Gasteiger partial charge in [0.1, 0.15) is 6.17 Å². The predicted octanol–water partition coefficient (Wildman–Crippen LogP) is 2.47. The number of amides is 1. The van der Waals surface area contributed by atoms with Gasteiger partial charge in [-0.25, -0.2) is 0 Å². The minimum absolute atomic E-state index is 0.298. The Bertz CT molecular complexity index is 784. The van der Waals surface area contributed by atoms with Gasteiger partial charge in [-0.3, -0.25) is 24.4 Å². The van der Waals surface area contributed by atoms with Gasteiger partial charge in [-0.15, -0.1) is 0 Å². The molecule has 1 aliphatic carbocycles. The number of aldehydes is 1. The standard InChI is InChI=1S/C22H30N4O2/c1-3-18-17-6-4-5-14(2)20(17)26(22(28)21(23)24-18)19(13-27)25-11-15-7-8-16(12-25)10-9-15/h4-6,13,15-16,19,21H,3,7-12,23H2,1-2H3/t15?,16?,19?,21-/m0/s1. The Balaban J connectivity index is 1.80. The number of rotatable bonds is 4. The number of hydrogen-bond acceptors (Lipinski definition) is 5. The van der Waals surface area contributed by atoms with Crippen LogP contribution in [0.4, 0.5) is 5.69 Å². The van der Waals surface area contributed by atoms with Gasteiger partial charge >= 0.3 is 0 Å². The SMILES string of the molecule is CCC1=N[C@H](N)C(=O)N(C(C=O)N2CC3CCC(CC3)C2)c2c(C)cccc21. The average Bonchev–Trinajstić information content (AvgIpc) is 3.07. The molecule has 3 aliphatic heterocycles. The molecule has 4 aliphatic rings. The van der Waals surface area contributed by atoms with Gasteiger partial charge in [-0.1, -0.05) is 25.1 Å². The van der Waals surface area contributed by atoms with Gasteiger partial charge in [0.2, 0.25) is 0 Å². The molecule has 28 heavy (non-hydrogen) atoms. The Morgan fingerprint density at radius 3 is 2.43 bits per heavy atom. The minimum Gasteiger partial charge on any atom is -0.302 e. The molecule has 0 spiro atoms. The Hall–Kier alpha value is -2.05. The number of hydrogen-bond donors (Lipinski definition) is 1. The first-order valence-electron chi connectivity index (χ1n) is 10.5. The molecule has 5 rings (SSSR count). The van der Waals surface area contributed by atoms with Crippen molar-refractivity contribution in [2.24, 2.45) is 22.6 Å². The normalized spacial score (nSPS) is 29.0. The summed E-state index contributed by atoms with van der Waals surface area (Å²) in [5.41, 5.74) is 9.65. The van der Waals surface area contributed by atoms with Crippen molar-refractivity contribution in [3.8, 4) is 0 Å². The van der Waals surface area contributed by atoms with Gasteiger partial charge in [0.05, 0.1) is 5.69 Å². The molecule has 2 saturated heterocycles. The molecule has 1 aromatic carbocycles. The van der Waals surface area contributed by atoms with Crippen molar-refractivity contribution < 1.29 is 9.59 Å². The van der Waals surface area contributed by atoms with Crippen molar-refractivity contribution in [1.82, 2.24) is 4.90 Å². The number of nitrogens with two attached hydrogens (primary N) is 1. The van der Waals surface area contributed by atoms with E-state index in [0.29, 0.717) is 18.3 Å². The zero-order valence-corrected chi connectivity index (χ0v) is 16.8. The molecule has 150 valence electrons. The highest BCUT2D eigenvalue weighted by Gasteiger charge is 2.40. The highest BCUT2D eigenvalue weighted by atomic mass is 16.2. The van der Waals surface area contributed by atoms with Crippen LogP contribution in [0.25, 0.3) is 0 Å². The summed E-state index contributed by atoms with van der Waals surface area (Å²) in [6.07, 6.45) is 4.88. The predicted molar refractivity (Wildman–Crippen MR) is 110 cm³/mol. The number of aliphatic imine (C=N–C) groups is 1. The van der Waals surface area contributed by atoms with E-state index in [1.165, 1.54) is 25.7 Å². The summed E-state index contributed by atoms with van der Waals surface area (Å²) in [5.74, 6) is 0.916. The average molecular weight is 383 g/mol. The molecule has 2 bridgehead atoms. The Morgan fingerprint density at radius 2 is 1.86 bits per heavy atom. The van der Waals surface area contributed by atoms with Crippen molar-refractivity contribution in [2.75, 3.05) is 18.0 Å². The number of carbonyl (C=O) groups excluding carboxylic acids is 2. The second-order valence-electron chi connectivity index (χ2n) is 8.44. The van der Waals surface area contributed by atoms with Crippen LogP contribution < -0.4 is 10.6 Å². The van der Waals surface area contributed by atoms with Crippen LogP contribution in [0.1, 0.15) is 50.2 Å². The quantitative estimate of drug-likeness (QED) is 0.812. The summed E-state index contributed by atoms with van der Waals surface area (Å²) < 4.78 is 0. The van der Waals surface area contributed by atoms with Crippen LogP contribution >= 0.6 is 0 Å². The summed E-state index contributed by atoms with van der Waals surface area (Å²) >= 11 is 0. The molecular formula is C22H30N4O2. The molecule has 2 atom stereocenters. The number of nitrogens with zero attached hydrogens (tertiary/aromatic N) is 3. The summed E-state index contributed by atoms with van der Waals surface area (Å²) in [4.78, 5) is 34.1. The zero-order valence-electron chi connectivity index (χ0n) is 16.8. The van der Waals surface area contributed by atoms with Crippen LogP contribution in [0.5, 0.6) is 0 Å². The highest BCUT2D eigenvalue weighted by molar-refractivity contribution is 6.14. The third-order valence-electron chi connectivity index (χ3n) is 6.62. The molecule has 0 aromatic heterocycles. The molecule has 1 amide bonds. The zero-order chi connectivity index (χ0) is 19.8. The first-order valence-corrected chi connectivity index (χ1v) is 10.5. The maximum Gasteiger partial charge on any atom is 0.268 e. The summed E-state index contributed by atoms with van der Waals surface area (Å²) in [5, 5.41) is 0. The lowest BCUT2D eigenvalue weighted by Gasteiger charge is -2.38. The van der Waals surface area contributed by atoms with E-state index in [4.69, 9.17) is 5.73 Å². The van der Waals surface area contributed by atoms with Crippen molar-refractivity contribution in [1.29, 1.82) is 0 Å². The smallest absolute Gasteiger partial charge is 0.268 e. The molecule has 1 aromatic rings. The van der Waals surface area contributed by atoms with E-state index >= 15 is 0 Å². The Kier molecular flexibility index (Phi) is 5.34. The second kappa shape index (κ2) is 7.76. The Labute approximate surface area is 166 Å². The van der Waals surface area contributed by atoms with E-state index in [0.717, 1.165) is 41.9 Å². The molecule has 6 nitrogen and oxygen atoms in total. The molecule has 1 saturated carbocycles. The van der Waals surface area contributed by atoms with Gasteiger partial charge in [0.25, 0.3) is 5.91 Å². The summed E-state index contributed by atoms with van der Waals surface area (Å²) in [7, 11) is 0. The van der Waals surface area contributed by atoms with Gasteiger partial charge < -0.3 is 5.73 Å². The lowest BCUT2D eigenvalue weighted by molar-refractivity contribution is -0.124. The monoisotopic (exact) mass is 382 g/mol. The summed E-state index contributed by atoms with van der Waals surface area (Å²) in [6.45, 7) is 5.72. The highest BCUT2D eigenvalue weighted by Crippen LogP contribution is 2.37. The van der Waals surface area contributed by atoms with Crippen LogP contribution in [0.15, 0.2) is 23.2 Å². The number of benzene rings is 1. The third kappa shape index (κ3) is 3.29. The van der Waals surface area contributed by atoms with Crippen LogP contribution in [0.2, 0.25) is 0 Å². The fourth-order valence-corrected chi connectivity index (χ4v) is 5.16. The van der Waals surface area contributed by atoms with Gasteiger partial charge in [-0.05, 0) is 56.4 Å². The topological polar surface area (TPSA) is 79.0 Å². The van der Waals surface area contributed by atoms with E-state index < -0.39 is 12.3 Å². The Morgan fingerprint density at radius 1 is 1.21 bits per heavy atom. The van der Waals surface area contributed by atoms with Crippen LogP contribution in [0, 0.1) is 18.8 Å². The number of aryl methyl sites for hydroxylation is 1. The summed E-state index contributed by atoms with van der Waals surface area (Å²) in [6, 6.07) is 5.94. The van der Waals surface area contributed by atoms with Crippen molar-refractivity contribution in [3.63, 3.8) is 0 Å². The van der Waals surface area contributed by atoms with Crippen LogP contribution in [0.3, 0.4) is 0 Å². The minimum atomic E-state index is -0.979. The second-order valence-corrected chi connectivity index (χ2v) is 8.44. The van der Waals surface area contributed by atoms with Gasteiger partial charge in [0.15, 0.2) is 12.5 Å². The van der Waals surface area contributed by atoms with Crippen molar-refractivity contribution >= 4 is 23.6 Å². The molecular weight excluding hydrogens is 352 g/mol. The van der Waals surface area contributed by atoms with Crippen LogP contribution in [-0.4, -0.2) is 48.2 Å². The van der Waals surface area contributed by atoms with Crippen LogP contribution in [-0.2, 0) is 9.59 Å². The molecule has 2 N–H and O–H groups in total. The van der Waals surface area contributed by atoms with E-state index in [1.807, 2.05) is 32.0 Å². The molecule has 3 heterocycles. The number of benzodiazepines with no additional fused rings is 1. The first-order chi connectivity index (χ1) is 13.5. The lowest BCUT2D eigenvalue weighted by atomic mass is 9.84. The van der Waals surface area contributed by atoms with Crippen molar-refractivity contribution in [3.05, 3.63) is 29.3 Å². The number of para-hydroxylation sites is 1. The lowest BCUT2D eigenvalue weighted by Crippen LogP contribution is -2.57. The number of anilines is 1. The molecule has 1 unspecified atom stereocenters. The maximum absolute atomic E-state index is 13.3. The fourth-order valence-electron chi connectivity index (χ4n) is 5.16. The number of carbonyl (C=O) groups is 2. The fraction of sp³-hybridized carbons (Fsp3) is 0.591. The first kappa shape index (κ1) is 19.3. The van der Waals surface area contributed by atoms with E-state index in [1.54, 1.807) is 4.90 Å². The maximum atomic E-state index is 13.3. The van der Waals surface area contributed by atoms with E-state index in [2.05, 4.69) is 9.89 Å².